The standard InChI is InChI=1S/C10H15N3O5S2/c14-5-8-11-12-10(19-6-9(15)16)13(8)7-1-3-20(17,18)4-2-7/h7,14H,1-6H2,(H,15,16). The van der Waals surface area contributed by atoms with Crippen molar-refractivity contribution in [1.29, 1.82) is 0 Å². The molecule has 0 aliphatic carbocycles. The number of aliphatic hydroxyl groups is 1. The Morgan fingerprint density at radius 2 is 2.00 bits per heavy atom. The van der Waals surface area contributed by atoms with Crippen LogP contribution in [0.4, 0.5) is 0 Å². The number of sulfone groups is 1. The Balaban J connectivity index is 2.20. The van der Waals surface area contributed by atoms with Gasteiger partial charge in [-0.3, -0.25) is 4.79 Å². The van der Waals surface area contributed by atoms with Gasteiger partial charge >= 0.3 is 5.97 Å². The summed E-state index contributed by atoms with van der Waals surface area (Å²) in [6.45, 7) is -0.316. The molecule has 1 fully saturated rings. The molecule has 0 amide bonds. The van der Waals surface area contributed by atoms with Crippen molar-refractivity contribution in [3.63, 3.8) is 0 Å². The van der Waals surface area contributed by atoms with Crippen LogP contribution in [-0.2, 0) is 21.2 Å². The summed E-state index contributed by atoms with van der Waals surface area (Å²) in [5.41, 5.74) is 0. The van der Waals surface area contributed by atoms with Gasteiger partial charge in [0.1, 0.15) is 16.4 Å². The molecule has 0 atom stereocenters. The molecule has 0 aromatic carbocycles. The zero-order valence-electron chi connectivity index (χ0n) is 10.6. The number of aliphatic hydroxyl groups excluding tert-OH is 1. The van der Waals surface area contributed by atoms with Crippen LogP contribution in [0.15, 0.2) is 5.16 Å². The third-order valence-electron chi connectivity index (χ3n) is 3.09. The van der Waals surface area contributed by atoms with E-state index in [1.165, 1.54) is 0 Å². The molecule has 1 saturated heterocycles. The third kappa shape index (κ3) is 3.49. The highest BCUT2D eigenvalue weighted by Gasteiger charge is 2.28. The summed E-state index contributed by atoms with van der Waals surface area (Å²) < 4.78 is 24.6. The van der Waals surface area contributed by atoms with Gasteiger partial charge < -0.3 is 14.8 Å². The highest BCUT2D eigenvalue weighted by atomic mass is 32.2. The molecule has 1 aromatic heterocycles. The summed E-state index contributed by atoms with van der Waals surface area (Å²) in [6.07, 6.45) is 0.849. The molecule has 0 spiro atoms. The molecule has 10 heteroatoms. The third-order valence-corrected chi connectivity index (χ3v) is 5.73. The topological polar surface area (TPSA) is 122 Å². The van der Waals surface area contributed by atoms with Gasteiger partial charge in [-0.05, 0) is 12.8 Å². The van der Waals surface area contributed by atoms with Gasteiger partial charge in [0.25, 0.3) is 0 Å². The molecular weight excluding hydrogens is 306 g/mol. The van der Waals surface area contributed by atoms with E-state index in [0.29, 0.717) is 23.8 Å². The Kier molecular flexibility index (Phi) is 4.66. The van der Waals surface area contributed by atoms with E-state index in [9.17, 15) is 18.3 Å². The van der Waals surface area contributed by atoms with Crippen molar-refractivity contribution in [3.8, 4) is 0 Å². The first-order chi connectivity index (χ1) is 9.43. The maximum atomic E-state index is 11.4. The van der Waals surface area contributed by atoms with Crippen molar-refractivity contribution in [2.45, 2.75) is 30.6 Å². The van der Waals surface area contributed by atoms with E-state index >= 15 is 0 Å². The van der Waals surface area contributed by atoms with Crippen LogP contribution in [0.3, 0.4) is 0 Å². The lowest BCUT2D eigenvalue weighted by atomic mass is 10.1. The summed E-state index contributed by atoms with van der Waals surface area (Å²) in [6, 6.07) is -0.119. The highest BCUT2D eigenvalue weighted by molar-refractivity contribution is 7.99. The number of rotatable bonds is 5. The van der Waals surface area contributed by atoms with Gasteiger partial charge in [0.15, 0.2) is 11.0 Å². The Morgan fingerprint density at radius 3 is 2.55 bits per heavy atom. The van der Waals surface area contributed by atoms with E-state index in [1.807, 2.05) is 0 Å². The predicted octanol–water partition coefficient (Wildman–Crippen LogP) is -0.303. The average Bonchev–Trinajstić information content (AvgIpc) is 2.79. The van der Waals surface area contributed by atoms with Crippen LogP contribution >= 0.6 is 11.8 Å². The summed E-state index contributed by atoms with van der Waals surface area (Å²) in [4.78, 5) is 10.6. The minimum absolute atomic E-state index is 0.0871. The minimum atomic E-state index is -2.98. The second-order valence-corrected chi connectivity index (χ2v) is 7.74. The molecule has 112 valence electrons. The maximum absolute atomic E-state index is 11.4. The lowest BCUT2D eigenvalue weighted by molar-refractivity contribution is -0.133. The Morgan fingerprint density at radius 1 is 1.35 bits per heavy atom. The molecule has 1 aliphatic rings. The number of hydrogen-bond acceptors (Lipinski definition) is 7. The lowest BCUT2D eigenvalue weighted by Crippen LogP contribution is -2.27. The molecule has 0 saturated carbocycles. The zero-order valence-corrected chi connectivity index (χ0v) is 12.2. The second-order valence-electron chi connectivity index (χ2n) is 4.49. The molecule has 8 nitrogen and oxygen atoms in total. The average molecular weight is 321 g/mol. The van der Waals surface area contributed by atoms with Gasteiger partial charge in [-0.1, -0.05) is 11.8 Å². The summed E-state index contributed by atoms with van der Waals surface area (Å²) in [5.74, 6) is -0.620. The van der Waals surface area contributed by atoms with Gasteiger partial charge in [0.2, 0.25) is 0 Å². The molecule has 2 heterocycles. The molecule has 0 unspecified atom stereocenters. The fourth-order valence-corrected chi connectivity index (χ4v) is 4.35. The fraction of sp³-hybridized carbons (Fsp3) is 0.700. The van der Waals surface area contributed by atoms with E-state index in [2.05, 4.69) is 10.2 Å². The van der Waals surface area contributed by atoms with Crippen LogP contribution in [0.25, 0.3) is 0 Å². The lowest BCUT2D eigenvalue weighted by Gasteiger charge is -2.25. The number of aliphatic carboxylic acids is 1. The van der Waals surface area contributed by atoms with Crippen LogP contribution in [0.1, 0.15) is 24.7 Å². The van der Waals surface area contributed by atoms with Gasteiger partial charge in [0, 0.05) is 6.04 Å². The van der Waals surface area contributed by atoms with Gasteiger partial charge in [-0.25, -0.2) is 8.42 Å². The van der Waals surface area contributed by atoms with Crippen molar-refractivity contribution in [2.24, 2.45) is 0 Å². The minimum Gasteiger partial charge on any atom is -0.481 e. The Labute approximate surface area is 120 Å². The van der Waals surface area contributed by atoms with Crippen molar-refractivity contribution in [3.05, 3.63) is 5.82 Å². The van der Waals surface area contributed by atoms with Crippen molar-refractivity contribution >= 4 is 27.6 Å². The number of nitrogens with zero attached hydrogens (tertiary/aromatic N) is 3. The normalized spacial score (nSPS) is 19.1. The summed E-state index contributed by atoms with van der Waals surface area (Å²) in [5, 5.41) is 26.1. The van der Waals surface area contributed by atoms with Crippen LogP contribution < -0.4 is 0 Å². The number of thioether (sulfide) groups is 1. The van der Waals surface area contributed by atoms with Gasteiger partial charge in [-0.2, -0.15) is 0 Å². The molecule has 20 heavy (non-hydrogen) atoms. The van der Waals surface area contributed by atoms with E-state index < -0.39 is 15.8 Å². The number of carboxylic acids is 1. The Bertz CT molecular complexity index is 584. The quantitative estimate of drug-likeness (QED) is 0.709. The molecular formula is C10H15N3O5S2. The predicted molar refractivity (Wildman–Crippen MR) is 71.2 cm³/mol. The van der Waals surface area contributed by atoms with Crippen molar-refractivity contribution < 1.29 is 23.4 Å². The first kappa shape index (κ1) is 15.3. The van der Waals surface area contributed by atoms with Crippen molar-refractivity contribution in [1.82, 2.24) is 14.8 Å². The first-order valence-electron chi connectivity index (χ1n) is 6.02. The molecule has 0 radical (unpaired) electrons. The fourth-order valence-electron chi connectivity index (χ4n) is 2.14. The molecule has 1 aliphatic heterocycles. The van der Waals surface area contributed by atoms with Crippen LogP contribution in [-0.4, -0.2) is 56.6 Å². The smallest absolute Gasteiger partial charge is 0.313 e. The summed E-state index contributed by atoms with van der Waals surface area (Å²) in [7, 11) is -2.98. The second kappa shape index (κ2) is 6.10. The monoisotopic (exact) mass is 321 g/mol. The molecule has 2 rings (SSSR count). The first-order valence-corrected chi connectivity index (χ1v) is 8.83. The van der Waals surface area contributed by atoms with E-state index in [-0.39, 0.29) is 29.9 Å². The number of hydrogen-bond donors (Lipinski definition) is 2. The number of carboxylic acid groups (broad SMARTS) is 1. The number of aromatic nitrogens is 3. The Hall–Kier alpha value is -1.13. The van der Waals surface area contributed by atoms with Crippen LogP contribution in [0.2, 0.25) is 0 Å². The highest BCUT2D eigenvalue weighted by Crippen LogP contribution is 2.29. The number of carbonyl (C=O) groups is 1. The van der Waals surface area contributed by atoms with E-state index in [4.69, 9.17) is 5.11 Å². The molecule has 0 bridgehead atoms. The van der Waals surface area contributed by atoms with E-state index in [1.54, 1.807) is 4.57 Å². The van der Waals surface area contributed by atoms with Crippen LogP contribution in [0, 0.1) is 0 Å². The van der Waals surface area contributed by atoms with Crippen molar-refractivity contribution in [2.75, 3.05) is 17.3 Å². The van der Waals surface area contributed by atoms with Gasteiger partial charge in [0.05, 0.1) is 17.3 Å². The molecule has 2 N–H and O–H groups in total. The zero-order chi connectivity index (χ0) is 14.8. The maximum Gasteiger partial charge on any atom is 0.313 e. The van der Waals surface area contributed by atoms with Crippen LogP contribution in [0.5, 0.6) is 0 Å². The largest absolute Gasteiger partial charge is 0.481 e. The SMILES string of the molecule is O=C(O)CSc1nnc(CO)n1C1CCS(=O)(=O)CC1. The molecule has 1 aromatic rings. The van der Waals surface area contributed by atoms with E-state index in [0.717, 1.165) is 11.8 Å². The summed E-state index contributed by atoms with van der Waals surface area (Å²) >= 11 is 1.01. The van der Waals surface area contributed by atoms with Gasteiger partial charge in [-0.15, -0.1) is 10.2 Å².